The normalized spacial score (nSPS) is 17.2. The molecule has 3 heterocycles. The summed E-state index contributed by atoms with van der Waals surface area (Å²) in [4.78, 5) is 61.1. The standard InChI is InChI=1S/C82H102N6O8S2/c89-79(83-71(49-25-43-64-31-7-1-8-32-64)50-26-44-65-33-9-2-10-34-65)76-55-19-22-58-86(76)82(92)70-61-74(97(93,94)87-59-23-20-56-77(87)80(90)84-72(51-27-45-66-35-11-3-12-36-66)52-28-46-67-37-13-4-14-38-67)63-75(62-70)98(95,96)88-60-24-21-57-78(88)81(91)85-73(53-29-47-68-39-15-5-16-40-68)54-30-48-69-41-17-6-18-42-69/h1-18,31-42,61-63,71-73,76-78H,19-30,43-60H2,(H,83,89)(H,84,90)(H,85,91). The molecule has 3 aliphatic heterocycles. The van der Waals surface area contributed by atoms with Gasteiger partial charge in [0, 0.05) is 43.3 Å². The van der Waals surface area contributed by atoms with Gasteiger partial charge in [-0.1, -0.05) is 195 Å². The maximum atomic E-state index is 15.8. The highest BCUT2D eigenvalue weighted by atomic mass is 32.2. The number of piperidine rings is 3. The lowest BCUT2D eigenvalue weighted by molar-refractivity contribution is -0.128. The van der Waals surface area contributed by atoms with E-state index in [4.69, 9.17) is 0 Å². The first-order valence-electron chi connectivity index (χ1n) is 36.4. The number of aryl methyl sites for hydroxylation is 6. The molecule has 0 radical (unpaired) electrons. The van der Waals surface area contributed by atoms with Crippen LogP contribution in [-0.4, -0.2) is 110 Å². The molecule has 0 bridgehead atoms. The SMILES string of the molecule is O=C(NC(CCCc1ccccc1)CCCc1ccccc1)C1CCCCN1C(=O)c1cc(S(=O)(=O)N2CCCCC2C(=O)NC(CCCc2ccccc2)CCCc2ccccc2)cc(S(=O)(=O)N2CCCCC2C(=O)NC(CCCc2ccccc2)CCCc2ccccc2)c1. The van der Waals surface area contributed by atoms with Crippen LogP contribution in [0.3, 0.4) is 0 Å². The third kappa shape index (κ3) is 21.4. The lowest BCUT2D eigenvalue weighted by Crippen LogP contribution is -2.54. The Bertz CT molecular complexity index is 3520. The van der Waals surface area contributed by atoms with E-state index < -0.39 is 65.7 Å². The fourth-order valence-corrected chi connectivity index (χ4v) is 18.3. The molecule has 0 aliphatic carbocycles. The van der Waals surface area contributed by atoms with E-state index in [9.17, 15) is 14.4 Å². The number of benzene rings is 7. The van der Waals surface area contributed by atoms with Crippen LogP contribution in [0.25, 0.3) is 0 Å². The van der Waals surface area contributed by atoms with Crippen molar-refractivity contribution in [3.63, 3.8) is 0 Å². The smallest absolute Gasteiger partial charge is 0.254 e. The second kappa shape index (κ2) is 37.4. The average Bonchev–Trinajstić information content (AvgIpc) is 0.754. The van der Waals surface area contributed by atoms with E-state index in [-0.39, 0.29) is 62.1 Å². The van der Waals surface area contributed by atoms with Gasteiger partial charge >= 0.3 is 0 Å². The maximum absolute atomic E-state index is 15.8. The van der Waals surface area contributed by atoms with Gasteiger partial charge in [0.2, 0.25) is 37.8 Å². The van der Waals surface area contributed by atoms with Gasteiger partial charge in [-0.2, -0.15) is 8.61 Å². The highest BCUT2D eigenvalue weighted by Crippen LogP contribution is 2.34. The van der Waals surface area contributed by atoms with Gasteiger partial charge in [-0.15, -0.1) is 0 Å². The molecule has 0 spiro atoms. The summed E-state index contributed by atoms with van der Waals surface area (Å²) in [7, 11) is -9.49. The van der Waals surface area contributed by atoms with Crippen molar-refractivity contribution in [2.24, 2.45) is 0 Å². The number of hydrogen-bond acceptors (Lipinski definition) is 8. The molecule has 7 aromatic rings. The van der Waals surface area contributed by atoms with Gasteiger partial charge in [-0.25, -0.2) is 16.8 Å². The van der Waals surface area contributed by atoms with E-state index in [1.807, 2.05) is 109 Å². The average molecular weight is 1360 g/mol. The number of nitrogens with one attached hydrogen (secondary N) is 3. The Kier molecular flexibility index (Phi) is 27.9. The lowest BCUT2D eigenvalue weighted by atomic mass is 9.96. The van der Waals surface area contributed by atoms with Crippen molar-refractivity contribution in [3.05, 3.63) is 239 Å². The predicted molar refractivity (Wildman–Crippen MR) is 390 cm³/mol. The van der Waals surface area contributed by atoms with Gasteiger partial charge < -0.3 is 20.9 Å². The molecule has 3 atom stereocenters. The number of amides is 4. The quantitative estimate of drug-likeness (QED) is 0.0351. The summed E-state index contributed by atoms with van der Waals surface area (Å²) in [6.07, 6.45) is 18.1. The van der Waals surface area contributed by atoms with Crippen LogP contribution in [0, 0.1) is 0 Å². The Labute approximate surface area is 583 Å². The minimum absolute atomic E-state index is 0.00811. The van der Waals surface area contributed by atoms with Crippen LogP contribution in [0.1, 0.15) is 179 Å². The zero-order chi connectivity index (χ0) is 68.4. The van der Waals surface area contributed by atoms with Crippen LogP contribution in [0.5, 0.6) is 0 Å². The van der Waals surface area contributed by atoms with Gasteiger partial charge in [0.15, 0.2) is 0 Å². The minimum Gasteiger partial charge on any atom is -0.352 e. The van der Waals surface area contributed by atoms with Crippen LogP contribution in [0.15, 0.2) is 210 Å². The third-order valence-electron chi connectivity index (χ3n) is 20.1. The highest BCUT2D eigenvalue weighted by molar-refractivity contribution is 7.90. The molecular formula is C82H102N6O8S2. The number of sulfonamides is 2. The molecule has 7 aromatic carbocycles. The molecule has 3 N–H and O–H groups in total. The second-order valence-electron chi connectivity index (χ2n) is 27.3. The number of rotatable bonds is 35. The molecule has 0 saturated carbocycles. The van der Waals surface area contributed by atoms with Crippen molar-refractivity contribution in [2.75, 3.05) is 19.6 Å². The largest absolute Gasteiger partial charge is 0.352 e. The van der Waals surface area contributed by atoms with E-state index in [2.05, 4.69) is 88.7 Å². The number of hydrogen-bond donors (Lipinski definition) is 3. The summed E-state index contributed by atoms with van der Waals surface area (Å²) in [5, 5.41) is 9.99. The maximum Gasteiger partial charge on any atom is 0.254 e. The molecule has 3 fully saturated rings. The van der Waals surface area contributed by atoms with Crippen molar-refractivity contribution >= 4 is 43.7 Å². The first-order valence-corrected chi connectivity index (χ1v) is 39.3. The van der Waals surface area contributed by atoms with Gasteiger partial charge in [0.25, 0.3) is 5.91 Å². The first kappa shape index (κ1) is 73.0. The Morgan fingerprint density at radius 2 is 0.592 bits per heavy atom. The van der Waals surface area contributed by atoms with E-state index in [0.717, 1.165) is 83.1 Å². The summed E-state index contributed by atoms with van der Waals surface area (Å²) in [5.41, 5.74) is 6.99. The molecule has 3 unspecified atom stereocenters. The molecular weight excluding hydrogens is 1260 g/mol. The third-order valence-corrected chi connectivity index (χ3v) is 23.9. The van der Waals surface area contributed by atoms with E-state index in [0.29, 0.717) is 83.5 Å². The molecule has 98 heavy (non-hydrogen) atoms. The van der Waals surface area contributed by atoms with Crippen molar-refractivity contribution in [3.8, 4) is 0 Å². The van der Waals surface area contributed by atoms with Crippen molar-refractivity contribution in [1.29, 1.82) is 0 Å². The molecule has 16 heteroatoms. The lowest BCUT2D eigenvalue weighted by Gasteiger charge is -2.37. The van der Waals surface area contributed by atoms with E-state index >= 15 is 21.6 Å². The summed E-state index contributed by atoms with van der Waals surface area (Å²) in [6.45, 7) is 0.165. The second-order valence-corrected chi connectivity index (χ2v) is 31.1. The summed E-state index contributed by atoms with van der Waals surface area (Å²) in [6, 6.07) is 61.1. The van der Waals surface area contributed by atoms with E-state index in [1.54, 1.807) is 0 Å². The Hall–Kier alpha value is -7.76. The minimum atomic E-state index is -4.75. The van der Waals surface area contributed by atoms with Gasteiger partial charge in [0.05, 0.1) is 9.79 Å². The van der Waals surface area contributed by atoms with Crippen LogP contribution < -0.4 is 16.0 Å². The van der Waals surface area contributed by atoms with Gasteiger partial charge in [-0.05, 0) is 212 Å². The molecule has 0 aromatic heterocycles. The zero-order valence-electron chi connectivity index (χ0n) is 57.2. The van der Waals surface area contributed by atoms with Crippen LogP contribution in [0.2, 0.25) is 0 Å². The van der Waals surface area contributed by atoms with Gasteiger partial charge in [0.1, 0.15) is 18.1 Å². The monoisotopic (exact) mass is 1360 g/mol. The molecule has 3 saturated heterocycles. The fraction of sp³-hybridized carbons (Fsp3) is 0.439. The van der Waals surface area contributed by atoms with Crippen molar-refractivity contribution in [2.45, 2.75) is 219 Å². The number of carbonyl (C=O) groups is 4. The summed E-state index contributed by atoms with van der Waals surface area (Å²) >= 11 is 0. The number of likely N-dealkylation sites (tertiary alicyclic amines) is 1. The number of carbonyl (C=O) groups excluding carboxylic acids is 4. The molecule has 520 valence electrons. The summed E-state index contributed by atoms with van der Waals surface area (Å²) in [5.74, 6) is -1.81. The first-order chi connectivity index (χ1) is 47.8. The number of nitrogens with zero attached hydrogens (tertiary/aromatic N) is 3. The van der Waals surface area contributed by atoms with E-state index in [1.165, 1.54) is 59.0 Å². The topological polar surface area (TPSA) is 182 Å². The molecule has 4 amide bonds. The fourth-order valence-electron chi connectivity index (χ4n) is 14.7. The van der Waals surface area contributed by atoms with Crippen molar-refractivity contribution < 1.29 is 36.0 Å². The van der Waals surface area contributed by atoms with Crippen molar-refractivity contribution in [1.82, 2.24) is 29.5 Å². The van der Waals surface area contributed by atoms with Crippen LogP contribution in [0.4, 0.5) is 0 Å². The zero-order valence-corrected chi connectivity index (χ0v) is 58.8. The molecule has 3 aliphatic rings. The van der Waals surface area contributed by atoms with Crippen LogP contribution in [-0.2, 0) is 73.0 Å². The summed E-state index contributed by atoms with van der Waals surface area (Å²) < 4.78 is 65.7. The van der Waals surface area contributed by atoms with Crippen LogP contribution >= 0.6 is 0 Å². The van der Waals surface area contributed by atoms with Gasteiger partial charge in [-0.3, -0.25) is 19.2 Å². The Morgan fingerprint density at radius 1 is 0.337 bits per heavy atom. The predicted octanol–water partition coefficient (Wildman–Crippen LogP) is 14.4. The molecule has 10 rings (SSSR count). The Morgan fingerprint density at radius 3 is 0.878 bits per heavy atom. The molecule has 14 nitrogen and oxygen atoms in total. The highest BCUT2D eigenvalue weighted by Gasteiger charge is 2.43. The Balaban J connectivity index is 0.942.